The summed E-state index contributed by atoms with van der Waals surface area (Å²) in [5, 5.41) is 39.7. The molecule has 0 bridgehead atoms. The molecule has 2 amide bonds. The molecule has 0 saturated carbocycles. The Bertz CT molecular complexity index is 758. The van der Waals surface area contributed by atoms with Gasteiger partial charge in [0.05, 0.1) is 0 Å². The molecule has 0 spiro atoms. The van der Waals surface area contributed by atoms with Crippen LogP contribution in [0.25, 0.3) is 0 Å². The van der Waals surface area contributed by atoms with Gasteiger partial charge in [-0.3, -0.25) is 19.6 Å². The molecule has 2 unspecified atom stereocenters. The molecule has 1 fully saturated rings. The molecule has 10 nitrogen and oxygen atoms in total. The second kappa shape index (κ2) is 6.65. The average Bonchev–Trinajstić information content (AvgIpc) is 3.10. The predicted molar refractivity (Wildman–Crippen MR) is 112 cm³/mol. The van der Waals surface area contributed by atoms with Crippen LogP contribution in [0, 0.1) is 0 Å². The Kier molecular flexibility index (Phi) is 4.98. The van der Waals surface area contributed by atoms with Gasteiger partial charge < -0.3 is 20.8 Å². The van der Waals surface area contributed by atoms with Crippen LogP contribution in [0.3, 0.4) is 0 Å². The van der Waals surface area contributed by atoms with Crippen molar-refractivity contribution in [2.45, 2.75) is 103 Å². The largest absolute Gasteiger partial charge is 0.370 e. The third-order valence-electron chi connectivity index (χ3n) is 5.63. The van der Waals surface area contributed by atoms with Crippen molar-refractivity contribution < 1.29 is 19.8 Å². The normalized spacial score (nSPS) is 33.5. The van der Waals surface area contributed by atoms with E-state index >= 15 is 0 Å². The van der Waals surface area contributed by atoms with Crippen LogP contribution in [-0.2, 0) is 9.59 Å². The Balaban J connectivity index is 1.89. The van der Waals surface area contributed by atoms with E-state index in [0.29, 0.717) is 0 Å². The predicted octanol–water partition coefficient (Wildman–Crippen LogP) is 0.107. The van der Waals surface area contributed by atoms with Gasteiger partial charge in [0.25, 0.3) is 11.8 Å². The van der Waals surface area contributed by atoms with Crippen molar-refractivity contribution in [3.8, 4) is 0 Å². The molecule has 0 aliphatic carbocycles. The van der Waals surface area contributed by atoms with Crippen molar-refractivity contribution >= 4 is 23.2 Å². The molecule has 30 heavy (non-hydrogen) atoms. The maximum Gasteiger partial charge on any atom is 0.267 e. The van der Waals surface area contributed by atoms with Crippen LogP contribution in [0.15, 0.2) is 10.2 Å². The van der Waals surface area contributed by atoms with Gasteiger partial charge >= 0.3 is 0 Å². The van der Waals surface area contributed by atoms with E-state index in [4.69, 9.17) is 0 Å². The molecule has 0 radical (unpaired) electrons. The van der Waals surface area contributed by atoms with Gasteiger partial charge in [0.1, 0.15) is 22.5 Å². The summed E-state index contributed by atoms with van der Waals surface area (Å²) in [6.45, 7) is 14.7. The standard InChI is InChI=1S/C20H34N6O4/c1-17(2,3)21-13(27)11-9-19(7)15(29)26-20(8,16(30)25(19)23-11)10-12(24-26)14(28)22-18(4,5)6/h15-16,29-30H,9-10H2,1-8H3,(H,21,27)(H,22,28)/t15-,16+,19?,20?. The van der Waals surface area contributed by atoms with Gasteiger partial charge in [0.2, 0.25) is 0 Å². The highest BCUT2D eigenvalue weighted by molar-refractivity contribution is 6.40. The molecule has 4 atom stereocenters. The van der Waals surface area contributed by atoms with E-state index in [1.54, 1.807) is 13.8 Å². The number of carbonyl (C=O) groups excluding carboxylic acids is 2. The quantitative estimate of drug-likeness (QED) is 0.500. The fraction of sp³-hybridized carbons (Fsp3) is 0.800. The van der Waals surface area contributed by atoms with Crippen molar-refractivity contribution in [2.75, 3.05) is 0 Å². The molecule has 4 N–H and O–H groups in total. The summed E-state index contributed by atoms with van der Waals surface area (Å²) in [4.78, 5) is 25.3. The smallest absolute Gasteiger partial charge is 0.267 e. The molecule has 10 heteroatoms. The highest BCUT2D eigenvalue weighted by atomic mass is 16.3. The van der Waals surface area contributed by atoms with E-state index in [2.05, 4.69) is 20.8 Å². The van der Waals surface area contributed by atoms with Crippen molar-refractivity contribution in [3.05, 3.63) is 0 Å². The fourth-order valence-corrected chi connectivity index (χ4v) is 4.09. The van der Waals surface area contributed by atoms with E-state index in [1.807, 2.05) is 41.5 Å². The number of aliphatic hydroxyl groups is 2. The second-order valence-electron chi connectivity index (χ2n) is 11.0. The van der Waals surface area contributed by atoms with Gasteiger partial charge in [0, 0.05) is 23.9 Å². The summed E-state index contributed by atoms with van der Waals surface area (Å²) in [6.07, 6.45) is -2.07. The molecule has 3 aliphatic heterocycles. The molecule has 168 valence electrons. The van der Waals surface area contributed by atoms with Crippen molar-refractivity contribution in [2.24, 2.45) is 10.2 Å². The lowest BCUT2D eigenvalue weighted by Crippen LogP contribution is -2.73. The molecule has 0 aromatic rings. The maximum atomic E-state index is 12.6. The van der Waals surface area contributed by atoms with Gasteiger partial charge in [-0.15, -0.1) is 0 Å². The van der Waals surface area contributed by atoms with Crippen molar-refractivity contribution in [1.82, 2.24) is 20.7 Å². The number of rotatable bonds is 2. The van der Waals surface area contributed by atoms with Gasteiger partial charge in [-0.1, -0.05) is 0 Å². The van der Waals surface area contributed by atoms with E-state index in [-0.39, 0.29) is 36.1 Å². The number of hydrogen-bond donors (Lipinski definition) is 4. The number of nitrogens with zero attached hydrogens (tertiary/aromatic N) is 4. The Morgan fingerprint density at radius 1 is 0.833 bits per heavy atom. The summed E-state index contributed by atoms with van der Waals surface area (Å²) in [5.74, 6) is -0.673. The molecule has 3 aliphatic rings. The first kappa shape index (κ1) is 22.5. The van der Waals surface area contributed by atoms with Crippen LogP contribution in [0.5, 0.6) is 0 Å². The lowest BCUT2D eigenvalue weighted by Gasteiger charge is -2.56. The van der Waals surface area contributed by atoms with Crippen LogP contribution in [0.2, 0.25) is 0 Å². The summed E-state index contributed by atoms with van der Waals surface area (Å²) in [5.41, 5.74) is -2.53. The third-order valence-corrected chi connectivity index (χ3v) is 5.63. The molecular formula is C20H34N6O4. The molecule has 0 aromatic carbocycles. The summed E-state index contributed by atoms with van der Waals surface area (Å²) >= 11 is 0. The Morgan fingerprint density at radius 3 is 1.40 bits per heavy atom. The molecule has 0 aromatic heterocycles. The number of fused-ring (bicyclic) bond motifs is 2. The zero-order valence-corrected chi connectivity index (χ0v) is 19.1. The van der Waals surface area contributed by atoms with Crippen molar-refractivity contribution in [3.63, 3.8) is 0 Å². The average molecular weight is 423 g/mol. The van der Waals surface area contributed by atoms with E-state index in [0.717, 1.165) is 0 Å². The highest BCUT2D eigenvalue weighted by Crippen LogP contribution is 2.47. The first-order chi connectivity index (χ1) is 13.5. The van der Waals surface area contributed by atoms with Crippen LogP contribution in [-0.4, -0.2) is 78.1 Å². The number of piperazine rings is 1. The van der Waals surface area contributed by atoms with E-state index in [1.165, 1.54) is 10.0 Å². The minimum Gasteiger partial charge on any atom is -0.370 e. The van der Waals surface area contributed by atoms with Crippen LogP contribution in [0.1, 0.15) is 68.2 Å². The summed E-state index contributed by atoms with van der Waals surface area (Å²) in [6, 6.07) is 0. The first-order valence-corrected chi connectivity index (χ1v) is 10.2. The Morgan fingerprint density at radius 2 is 1.13 bits per heavy atom. The summed E-state index contributed by atoms with van der Waals surface area (Å²) in [7, 11) is 0. The number of carbonyl (C=O) groups is 2. The van der Waals surface area contributed by atoms with Crippen LogP contribution < -0.4 is 10.6 Å². The maximum absolute atomic E-state index is 12.6. The minimum atomic E-state index is -1.17. The number of aliphatic hydroxyl groups excluding tert-OH is 2. The van der Waals surface area contributed by atoms with Gasteiger partial charge in [-0.25, -0.2) is 0 Å². The second-order valence-corrected chi connectivity index (χ2v) is 11.0. The van der Waals surface area contributed by atoms with E-state index in [9.17, 15) is 19.8 Å². The monoisotopic (exact) mass is 422 g/mol. The van der Waals surface area contributed by atoms with E-state index < -0.39 is 34.6 Å². The SMILES string of the molecule is CC(C)(C)NC(=O)C1=NN2[C@H](O)C3(C)CC(C(=O)NC(C)(C)C)=NN3[C@@H](O)C2(C)C1. The number of hydrazone groups is 2. The minimum absolute atomic E-state index is 0.138. The number of amides is 2. The third kappa shape index (κ3) is 3.66. The Hall–Kier alpha value is -2.20. The molecule has 3 heterocycles. The molecule has 1 saturated heterocycles. The highest BCUT2D eigenvalue weighted by Gasteiger charge is 2.64. The van der Waals surface area contributed by atoms with Gasteiger partial charge in [0.15, 0.2) is 12.5 Å². The summed E-state index contributed by atoms with van der Waals surface area (Å²) < 4.78 is 0. The fourth-order valence-electron chi connectivity index (χ4n) is 4.09. The molecule has 3 rings (SSSR count). The van der Waals surface area contributed by atoms with Crippen LogP contribution in [0.4, 0.5) is 0 Å². The zero-order valence-electron chi connectivity index (χ0n) is 19.1. The Labute approximate surface area is 177 Å². The molecular weight excluding hydrogens is 388 g/mol. The number of hydrogen-bond acceptors (Lipinski definition) is 8. The topological polar surface area (TPSA) is 130 Å². The zero-order chi connectivity index (χ0) is 22.9. The number of nitrogens with one attached hydrogen (secondary N) is 2. The lowest BCUT2D eigenvalue weighted by molar-refractivity contribution is -0.256. The van der Waals surface area contributed by atoms with Crippen LogP contribution >= 0.6 is 0 Å². The van der Waals surface area contributed by atoms with Gasteiger partial charge in [-0.05, 0) is 55.4 Å². The van der Waals surface area contributed by atoms with Crippen molar-refractivity contribution in [1.29, 1.82) is 0 Å². The lowest BCUT2D eigenvalue weighted by atomic mass is 9.82. The first-order valence-electron chi connectivity index (χ1n) is 10.2. The van der Waals surface area contributed by atoms with Gasteiger partial charge in [-0.2, -0.15) is 10.2 Å².